The van der Waals surface area contributed by atoms with Crippen molar-refractivity contribution in [2.75, 3.05) is 0 Å². The molecule has 0 aliphatic carbocycles. The predicted octanol–water partition coefficient (Wildman–Crippen LogP) is 8.50. The smallest absolute Gasteiger partial charge is 0.335 e. The van der Waals surface area contributed by atoms with Gasteiger partial charge in [-0.25, -0.2) is 26.4 Å². The van der Waals surface area contributed by atoms with Crippen LogP contribution in [-0.2, 0) is 19.7 Å². The summed E-state index contributed by atoms with van der Waals surface area (Å²) in [4.78, 5) is 22.4. The van der Waals surface area contributed by atoms with E-state index in [0.29, 0.717) is 23.0 Å². The lowest BCUT2D eigenvalue weighted by Crippen LogP contribution is -2.02. The molecule has 260 valence electrons. The summed E-state index contributed by atoms with van der Waals surface area (Å²) in [6.07, 6.45) is 3.56. The van der Waals surface area contributed by atoms with Gasteiger partial charge in [-0.3, -0.25) is 0 Å². The van der Waals surface area contributed by atoms with Crippen molar-refractivity contribution in [3.05, 3.63) is 168 Å². The van der Waals surface area contributed by atoms with Gasteiger partial charge in [0.25, 0.3) is 0 Å². The lowest BCUT2D eigenvalue weighted by molar-refractivity contribution is 0.0686. The molecule has 0 bridgehead atoms. The summed E-state index contributed by atoms with van der Waals surface area (Å²) in [6.45, 7) is 0. The molecule has 0 fully saturated rings. The predicted molar refractivity (Wildman–Crippen MR) is 193 cm³/mol. The highest BCUT2D eigenvalue weighted by Gasteiger charge is 2.19. The highest BCUT2D eigenvalue weighted by molar-refractivity contribution is 7.91. The number of sulfone groups is 2. The molecule has 0 amide bonds. The number of aromatic carboxylic acids is 2. The number of carboxylic acids is 2. The molecule has 0 aromatic heterocycles. The van der Waals surface area contributed by atoms with Gasteiger partial charge in [-0.15, -0.1) is 0 Å². The molecular weight excluding hydrogens is 705 g/mol. The molecule has 12 heteroatoms. The molecule has 0 unspecified atom stereocenters. The molecule has 0 saturated carbocycles. The molecule has 0 spiro atoms. The van der Waals surface area contributed by atoms with E-state index in [2.05, 4.69) is 0 Å². The van der Waals surface area contributed by atoms with E-state index in [4.69, 9.17) is 19.7 Å². The van der Waals surface area contributed by atoms with Crippen LogP contribution in [0.5, 0.6) is 23.0 Å². The first-order valence-electron chi connectivity index (χ1n) is 15.5. The number of hydrogen-bond acceptors (Lipinski definition) is 8. The fraction of sp³-hybridized carbons (Fsp3) is 0. The first-order valence-corrected chi connectivity index (χ1v) is 18.5. The Balaban J connectivity index is 1.06. The minimum atomic E-state index is -3.82. The van der Waals surface area contributed by atoms with Crippen LogP contribution in [0.1, 0.15) is 31.8 Å². The molecule has 0 atom stereocenters. The van der Waals surface area contributed by atoms with Gasteiger partial charge in [-0.1, -0.05) is 36.4 Å². The van der Waals surface area contributed by atoms with Crippen molar-refractivity contribution in [3.63, 3.8) is 0 Å². The third kappa shape index (κ3) is 8.10. The second-order valence-electron chi connectivity index (χ2n) is 11.3. The van der Waals surface area contributed by atoms with Crippen molar-refractivity contribution >= 4 is 43.8 Å². The Hall–Kier alpha value is -6.50. The third-order valence-electron chi connectivity index (χ3n) is 7.79. The van der Waals surface area contributed by atoms with Crippen molar-refractivity contribution in [1.82, 2.24) is 0 Å². The van der Waals surface area contributed by atoms with Gasteiger partial charge in [-0.05, 0) is 132 Å². The van der Waals surface area contributed by atoms with Gasteiger partial charge in [0.2, 0.25) is 19.7 Å². The Bertz CT molecular complexity index is 2290. The number of carbonyl (C=O) groups is 2. The van der Waals surface area contributed by atoms with Gasteiger partial charge in [0.15, 0.2) is 0 Å². The highest BCUT2D eigenvalue weighted by atomic mass is 32.2. The average molecular weight is 733 g/mol. The van der Waals surface area contributed by atoms with E-state index in [-0.39, 0.29) is 30.7 Å². The summed E-state index contributed by atoms with van der Waals surface area (Å²) in [7, 11) is -7.63. The maximum absolute atomic E-state index is 13.2. The Labute approximate surface area is 299 Å². The summed E-state index contributed by atoms with van der Waals surface area (Å²) in [5.41, 5.74) is 1.70. The fourth-order valence-electron chi connectivity index (χ4n) is 4.96. The lowest BCUT2D eigenvalue weighted by atomic mass is 10.1. The molecule has 6 rings (SSSR count). The van der Waals surface area contributed by atoms with Gasteiger partial charge in [0, 0.05) is 0 Å². The van der Waals surface area contributed by atoms with Gasteiger partial charge in [0.1, 0.15) is 23.0 Å². The van der Waals surface area contributed by atoms with Crippen molar-refractivity contribution < 1.29 is 46.1 Å². The monoisotopic (exact) mass is 732 g/mol. The average Bonchev–Trinajstić information content (AvgIpc) is 3.15. The molecule has 6 aromatic rings. The summed E-state index contributed by atoms with van der Waals surface area (Å²) < 4.78 is 64.4. The van der Waals surface area contributed by atoms with Crippen molar-refractivity contribution in [3.8, 4) is 23.0 Å². The summed E-state index contributed by atoms with van der Waals surface area (Å²) in [5, 5.41) is 18.1. The van der Waals surface area contributed by atoms with Crippen molar-refractivity contribution in [2.24, 2.45) is 0 Å². The van der Waals surface area contributed by atoms with E-state index >= 15 is 0 Å². The van der Waals surface area contributed by atoms with E-state index in [1.165, 1.54) is 121 Å². The second-order valence-corrected chi connectivity index (χ2v) is 15.2. The Morgan fingerprint density at radius 2 is 0.615 bits per heavy atom. The Morgan fingerprint density at radius 3 is 0.865 bits per heavy atom. The maximum Gasteiger partial charge on any atom is 0.335 e. The zero-order valence-electron chi connectivity index (χ0n) is 27.0. The van der Waals surface area contributed by atoms with Crippen LogP contribution >= 0.6 is 0 Å². The summed E-state index contributed by atoms with van der Waals surface area (Å²) >= 11 is 0. The van der Waals surface area contributed by atoms with E-state index < -0.39 is 31.6 Å². The molecule has 0 saturated heterocycles. The summed E-state index contributed by atoms with van der Waals surface area (Å²) in [5.74, 6) is -0.513. The topological polar surface area (TPSA) is 161 Å². The lowest BCUT2D eigenvalue weighted by Gasteiger charge is -2.09. The van der Waals surface area contributed by atoms with Crippen LogP contribution in [0.4, 0.5) is 0 Å². The van der Waals surface area contributed by atoms with Gasteiger partial charge < -0.3 is 19.7 Å². The number of hydrogen-bond donors (Lipinski definition) is 2. The molecular formula is C40H28O10S2. The molecule has 0 aliphatic heterocycles. The SMILES string of the molecule is O=C(O)c1ccc(Oc2ccc(S(=O)(=O)c3ccc(C=Cc4ccc(S(=O)(=O)c5ccc(Oc6ccc(C(=O)O)cc6)cc5)cc4)cc3)cc2)cc1. The number of carboxylic acid groups (broad SMARTS) is 2. The number of rotatable bonds is 12. The minimum absolute atomic E-state index is 0.0773. The van der Waals surface area contributed by atoms with E-state index in [0.717, 1.165) is 11.1 Å². The Morgan fingerprint density at radius 1 is 0.385 bits per heavy atom. The van der Waals surface area contributed by atoms with Gasteiger partial charge in [-0.2, -0.15) is 0 Å². The third-order valence-corrected chi connectivity index (χ3v) is 11.4. The molecule has 52 heavy (non-hydrogen) atoms. The second kappa shape index (κ2) is 14.8. The molecule has 0 heterocycles. The van der Waals surface area contributed by atoms with E-state index in [1.807, 2.05) is 0 Å². The zero-order chi connectivity index (χ0) is 36.9. The van der Waals surface area contributed by atoms with Crippen molar-refractivity contribution in [2.45, 2.75) is 19.6 Å². The van der Waals surface area contributed by atoms with Crippen LogP contribution in [0.15, 0.2) is 165 Å². The number of ether oxygens (including phenoxy) is 2. The number of benzene rings is 6. The fourth-order valence-corrected chi connectivity index (χ4v) is 7.48. The molecule has 10 nitrogen and oxygen atoms in total. The van der Waals surface area contributed by atoms with Crippen LogP contribution in [0.2, 0.25) is 0 Å². The van der Waals surface area contributed by atoms with Crippen LogP contribution in [0.25, 0.3) is 12.2 Å². The summed E-state index contributed by atoms with van der Waals surface area (Å²) in [6, 6.07) is 36.2. The first-order chi connectivity index (χ1) is 24.9. The minimum Gasteiger partial charge on any atom is -0.478 e. The maximum atomic E-state index is 13.2. The highest BCUT2D eigenvalue weighted by Crippen LogP contribution is 2.29. The van der Waals surface area contributed by atoms with Crippen molar-refractivity contribution in [1.29, 1.82) is 0 Å². The van der Waals surface area contributed by atoms with Crippen LogP contribution in [0.3, 0.4) is 0 Å². The van der Waals surface area contributed by atoms with E-state index in [9.17, 15) is 26.4 Å². The first kappa shape index (κ1) is 35.3. The quantitative estimate of drug-likeness (QED) is 0.117. The van der Waals surface area contributed by atoms with Crippen LogP contribution in [-0.4, -0.2) is 39.0 Å². The molecule has 0 aliphatic rings. The molecule has 0 radical (unpaired) electrons. The molecule has 2 N–H and O–H groups in total. The molecule has 6 aromatic carbocycles. The van der Waals surface area contributed by atoms with Gasteiger partial charge in [0.05, 0.1) is 30.7 Å². The van der Waals surface area contributed by atoms with Crippen LogP contribution < -0.4 is 9.47 Å². The van der Waals surface area contributed by atoms with Crippen LogP contribution in [0, 0.1) is 0 Å². The normalized spacial score (nSPS) is 11.6. The standard InChI is InChI=1S/C40H28O10S2/c41-39(42)29-7-11-31(12-8-29)49-33-15-23-37(24-16-33)51(45,46)35-19-3-27(4-20-35)1-2-28-5-21-36(22-6-28)52(47,48)38-25-17-34(18-26-38)50-32-13-9-30(10-14-32)40(43)44/h1-26H,(H,41,42)(H,43,44). The zero-order valence-corrected chi connectivity index (χ0v) is 28.6. The van der Waals surface area contributed by atoms with Gasteiger partial charge >= 0.3 is 11.9 Å². The Kier molecular flexibility index (Phi) is 10.0. The van der Waals surface area contributed by atoms with E-state index in [1.54, 1.807) is 36.4 Å². The largest absolute Gasteiger partial charge is 0.478 e.